The molecular formula is C12H20N4. The van der Waals surface area contributed by atoms with E-state index in [4.69, 9.17) is 5.73 Å². The van der Waals surface area contributed by atoms with Gasteiger partial charge in [-0.25, -0.2) is 4.98 Å². The fourth-order valence-corrected chi connectivity index (χ4v) is 2.05. The molecule has 0 aromatic carbocycles. The van der Waals surface area contributed by atoms with Crippen molar-refractivity contribution < 1.29 is 0 Å². The molecule has 1 aromatic heterocycles. The number of nitrogens with two attached hydrogens (primary N) is 1. The summed E-state index contributed by atoms with van der Waals surface area (Å²) < 4.78 is 0. The van der Waals surface area contributed by atoms with E-state index in [1.165, 1.54) is 32.4 Å². The van der Waals surface area contributed by atoms with Gasteiger partial charge in [0.2, 0.25) is 0 Å². The quantitative estimate of drug-likeness (QED) is 0.808. The molecule has 4 nitrogen and oxygen atoms in total. The second-order valence-corrected chi connectivity index (χ2v) is 4.30. The molecule has 1 fully saturated rings. The van der Waals surface area contributed by atoms with Crippen molar-refractivity contribution in [2.45, 2.75) is 19.3 Å². The molecule has 1 aliphatic heterocycles. The van der Waals surface area contributed by atoms with Crippen molar-refractivity contribution in [1.82, 2.24) is 9.88 Å². The molecule has 1 saturated heterocycles. The first-order chi connectivity index (χ1) is 7.84. The number of pyridine rings is 1. The average molecular weight is 220 g/mol. The van der Waals surface area contributed by atoms with Crippen LogP contribution in [0.3, 0.4) is 0 Å². The molecule has 1 aromatic rings. The molecule has 4 heteroatoms. The van der Waals surface area contributed by atoms with Gasteiger partial charge in [0, 0.05) is 13.1 Å². The van der Waals surface area contributed by atoms with E-state index in [0.717, 1.165) is 18.8 Å². The molecule has 0 atom stereocenters. The Morgan fingerprint density at radius 2 is 2.06 bits per heavy atom. The summed E-state index contributed by atoms with van der Waals surface area (Å²) in [5, 5.41) is 3.36. The van der Waals surface area contributed by atoms with Gasteiger partial charge in [0.1, 0.15) is 5.82 Å². The molecule has 0 bridgehead atoms. The second-order valence-electron chi connectivity index (χ2n) is 4.30. The van der Waals surface area contributed by atoms with Gasteiger partial charge in [0.25, 0.3) is 0 Å². The SMILES string of the molecule is Nc1ccc(NCCN2CCCCC2)cn1. The van der Waals surface area contributed by atoms with Gasteiger partial charge in [-0.3, -0.25) is 0 Å². The van der Waals surface area contributed by atoms with E-state index in [9.17, 15) is 0 Å². The summed E-state index contributed by atoms with van der Waals surface area (Å²) in [6.45, 7) is 4.60. The first-order valence-corrected chi connectivity index (χ1v) is 6.02. The Bertz CT molecular complexity index is 303. The number of hydrogen-bond donors (Lipinski definition) is 2. The maximum atomic E-state index is 5.53. The second kappa shape index (κ2) is 5.70. The standard InChI is InChI=1S/C12H20N4/c13-12-5-4-11(10-15-12)14-6-9-16-7-2-1-3-8-16/h4-5,10,14H,1-3,6-9H2,(H2,13,15). The number of rotatable bonds is 4. The molecule has 0 unspecified atom stereocenters. The van der Waals surface area contributed by atoms with E-state index in [1.54, 1.807) is 6.20 Å². The van der Waals surface area contributed by atoms with E-state index < -0.39 is 0 Å². The predicted octanol–water partition coefficient (Wildman–Crippen LogP) is 1.56. The fraction of sp³-hybridized carbons (Fsp3) is 0.583. The van der Waals surface area contributed by atoms with Crippen molar-refractivity contribution >= 4 is 11.5 Å². The normalized spacial score (nSPS) is 17.2. The smallest absolute Gasteiger partial charge is 0.123 e. The lowest BCUT2D eigenvalue weighted by Gasteiger charge is -2.26. The fourth-order valence-electron chi connectivity index (χ4n) is 2.05. The van der Waals surface area contributed by atoms with Crippen molar-refractivity contribution in [3.63, 3.8) is 0 Å². The van der Waals surface area contributed by atoms with Gasteiger partial charge in [0.05, 0.1) is 11.9 Å². The number of nitrogen functional groups attached to an aromatic ring is 1. The van der Waals surface area contributed by atoms with Crippen molar-refractivity contribution in [1.29, 1.82) is 0 Å². The van der Waals surface area contributed by atoms with Gasteiger partial charge in [0.15, 0.2) is 0 Å². The van der Waals surface area contributed by atoms with Crippen molar-refractivity contribution in [2.24, 2.45) is 0 Å². The maximum Gasteiger partial charge on any atom is 0.123 e. The highest BCUT2D eigenvalue weighted by Crippen LogP contribution is 2.09. The Morgan fingerprint density at radius 3 is 2.75 bits per heavy atom. The number of aromatic nitrogens is 1. The summed E-state index contributed by atoms with van der Waals surface area (Å²) in [5.41, 5.74) is 6.57. The van der Waals surface area contributed by atoms with Crippen LogP contribution in [0.25, 0.3) is 0 Å². The number of anilines is 2. The first kappa shape index (κ1) is 11.2. The van der Waals surface area contributed by atoms with Crippen LogP contribution in [0, 0.1) is 0 Å². The summed E-state index contributed by atoms with van der Waals surface area (Å²) in [6, 6.07) is 3.79. The highest BCUT2D eigenvalue weighted by molar-refractivity contribution is 5.45. The van der Waals surface area contributed by atoms with Gasteiger partial charge in [-0.15, -0.1) is 0 Å². The van der Waals surface area contributed by atoms with E-state index >= 15 is 0 Å². The van der Waals surface area contributed by atoms with Gasteiger partial charge < -0.3 is 16.0 Å². The minimum Gasteiger partial charge on any atom is -0.384 e. The van der Waals surface area contributed by atoms with Gasteiger partial charge in [-0.2, -0.15) is 0 Å². The van der Waals surface area contributed by atoms with Crippen LogP contribution in [-0.4, -0.2) is 36.1 Å². The Balaban J connectivity index is 1.69. The number of hydrogen-bond acceptors (Lipinski definition) is 4. The summed E-state index contributed by atoms with van der Waals surface area (Å²) >= 11 is 0. The third-order valence-corrected chi connectivity index (χ3v) is 2.99. The molecule has 0 radical (unpaired) electrons. The van der Waals surface area contributed by atoms with Crippen LogP contribution in [0.2, 0.25) is 0 Å². The van der Waals surface area contributed by atoms with Crippen LogP contribution in [0.5, 0.6) is 0 Å². The zero-order valence-corrected chi connectivity index (χ0v) is 9.65. The van der Waals surface area contributed by atoms with Crippen LogP contribution >= 0.6 is 0 Å². The topological polar surface area (TPSA) is 54.2 Å². The van der Waals surface area contributed by atoms with Crippen molar-refractivity contribution in [3.05, 3.63) is 18.3 Å². The third kappa shape index (κ3) is 3.38. The molecule has 2 rings (SSSR count). The molecule has 16 heavy (non-hydrogen) atoms. The Labute approximate surface area is 96.8 Å². The van der Waals surface area contributed by atoms with Crippen molar-refractivity contribution in [2.75, 3.05) is 37.2 Å². The monoisotopic (exact) mass is 220 g/mol. The highest BCUT2D eigenvalue weighted by atomic mass is 15.1. The molecule has 0 amide bonds. The predicted molar refractivity (Wildman–Crippen MR) is 67.4 cm³/mol. The summed E-state index contributed by atoms with van der Waals surface area (Å²) in [5.74, 6) is 0.571. The van der Waals surface area contributed by atoms with E-state index in [-0.39, 0.29) is 0 Å². The zero-order valence-electron chi connectivity index (χ0n) is 9.65. The zero-order chi connectivity index (χ0) is 11.2. The summed E-state index contributed by atoms with van der Waals surface area (Å²) in [4.78, 5) is 6.56. The number of nitrogens with one attached hydrogen (secondary N) is 1. The molecule has 3 N–H and O–H groups in total. The van der Waals surface area contributed by atoms with E-state index in [1.807, 2.05) is 12.1 Å². The minimum absolute atomic E-state index is 0.571. The molecule has 1 aliphatic rings. The number of nitrogens with zero attached hydrogens (tertiary/aromatic N) is 2. The lowest BCUT2D eigenvalue weighted by molar-refractivity contribution is 0.237. The third-order valence-electron chi connectivity index (χ3n) is 2.99. The van der Waals surface area contributed by atoms with Crippen LogP contribution in [-0.2, 0) is 0 Å². The largest absolute Gasteiger partial charge is 0.384 e. The number of piperidine rings is 1. The average Bonchev–Trinajstić information content (AvgIpc) is 2.33. The van der Waals surface area contributed by atoms with Gasteiger partial charge in [-0.05, 0) is 38.1 Å². The summed E-state index contributed by atoms with van der Waals surface area (Å²) in [6.07, 6.45) is 5.88. The van der Waals surface area contributed by atoms with Crippen LogP contribution in [0.4, 0.5) is 11.5 Å². The Kier molecular flexibility index (Phi) is 3.99. The molecule has 0 aliphatic carbocycles. The van der Waals surface area contributed by atoms with Crippen molar-refractivity contribution in [3.8, 4) is 0 Å². The molecule has 2 heterocycles. The minimum atomic E-state index is 0.571. The molecule has 0 spiro atoms. The molecular weight excluding hydrogens is 200 g/mol. The van der Waals surface area contributed by atoms with Crippen LogP contribution in [0.1, 0.15) is 19.3 Å². The highest BCUT2D eigenvalue weighted by Gasteiger charge is 2.08. The van der Waals surface area contributed by atoms with Gasteiger partial charge >= 0.3 is 0 Å². The first-order valence-electron chi connectivity index (χ1n) is 6.02. The Morgan fingerprint density at radius 1 is 1.25 bits per heavy atom. The number of likely N-dealkylation sites (tertiary alicyclic amines) is 1. The summed E-state index contributed by atoms with van der Waals surface area (Å²) in [7, 11) is 0. The lowest BCUT2D eigenvalue weighted by Crippen LogP contribution is -2.33. The van der Waals surface area contributed by atoms with E-state index in [2.05, 4.69) is 15.2 Å². The van der Waals surface area contributed by atoms with Gasteiger partial charge in [-0.1, -0.05) is 6.42 Å². The van der Waals surface area contributed by atoms with Crippen LogP contribution in [0.15, 0.2) is 18.3 Å². The molecule has 0 saturated carbocycles. The maximum absolute atomic E-state index is 5.53. The van der Waals surface area contributed by atoms with E-state index in [0.29, 0.717) is 5.82 Å². The lowest BCUT2D eigenvalue weighted by atomic mass is 10.1. The van der Waals surface area contributed by atoms with Crippen LogP contribution < -0.4 is 11.1 Å². The Hall–Kier alpha value is -1.29. The molecule has 88 valence electrons.